The molecule has 0 aromatic carbocycles. The molecule has 4 nitrogen and oxygen atoms in total. The van der Waals surface area contributed by atoms with Crippen LogP contribution in [0.2, 0.25) is 0 Å². The van der Waals surface area contributed by atoms with Crippen LogP contribution in [0.5, 0.6) is 0 Å². The van der Waals surface area contributed by atoms with Crippen LogP contribution in [0.25, 0.3) is 0 Å². The number of ether oxygens (including phenoxy) is 2. The average Bonchev–Trinajstić information content (AvgIpc) is 2.16. The Morgan fingerprint density at radius 2 is 1.56 bits per heavy atom. The van der Waals surface area contributed by atoms with Crippen LogP contribution >= 0.6 is 28.6 Å². The molecule has 0 aliphatic heterocycles. The molecule has 0 unspecified atom stereocenters. The van der Waals surface area contributed by atoms with Gasteiger partial charge in [-0.3, -0.25) is 9.09 Å². The van der Waals surface area contributed by atoms with Crippen molar-refractivity contribution in [2.75, 3.05) is 26.4 Å². The van der Waals surface area contributed by atoms with Gasteiger partial charge in [0.1, 0.15) is 6.10 Å². The van der Waals surface area contributed by atoms with Crippen LogP contribution in [0.15, 0.2) is 25.3 Å². The molecule has 16 heavy (non-hydrogen) atoms. The molecule has 0 fully saturated rings. The Labute approximate surface area is 105 Å². The summed E-state index contributed by atoms with van der Waals surface area (Å²) >= 11 is 10.6. The molecule has 0 saturated carbocycles. The molecule has 0 N–H and O–H groups in total. The molecule has 7 heteroatoms. The van der Waals surface area contributed by atoms with E-state index >= 15 is 0 Å². The van der Waals surface area contributed by atoms with Gasteiger partial charge in [0.15, 0.2) is 0 Å². The SMILES string of the molecule is C=CCOCC(COCC=C)OP(=O)(Cl)Cl. The van der Waals surface area contributed by atoms with Crippen LogP contribution in [0, 0.1) is 0 Å². The molecule has 0 aliphatic rings. The second kappa shape index (κ2) is 9.23. The Morgan fingerprint density at radius 1 is 1.12 bits per heavy atom. The summed E-state index contributed by atoms with van der Waals surface area (Å²) in [6.07, 6.45) is -0.997. The average molecular weight is 289 g/mol. The Balaban J connectivity index is 3.99. The van der Waals surface area contributed by atoms with Crippen LogP contribution < -0.4 is 0 Å². The highest BCUT2D eigenvalue weighted by molar-refractivity contribution is 8.05. The van der Waals surface area contributed by atoms with E-state index in [1.807, 2.05) is 0 Å². The van der Waals surface area contributed by atoms with E-state index in [1.54, 1.807) is 12.2 Å². The number of hydrogen-bond acceptors (Lipinski definition) is 4. The van der Waals surface area contributed by atoms with Gasteiger partial charge in [-0.25, -0.2) is 0 Å². The topological polar surface area (TPSA) is 44.8 Å². The van der Waals surface area contributed by atoms with E-state index in [9.17, 15) is 4.57 Å². The van der Waals surface area contributed by atoms with Crippen LogP contribution in [-0.2, 0) is 18.6 Å². The maximum atomic E-state index is 11.0. The Bertz CT molecular complexity index is 240. The first-order chi connectivity index (χ1) is 7.49. The largest absolute Gasteiger partial charge is 0.380 e. The van der Waals surface area contributed by atoms with Crippen molar-refractivity contribution in [3.8, 4) is 0 Å². The molecule has 0 amide bonds. The lowest BCUT2D eigenvalue weighted by Gasteiger charge is -2.17. The van der Waals surface area contributed by atoms with E-state index in [0.29, 0.717) is 13.2 Å². The molecule has 0 saturated heterocycles. The van der Waals surface area contributed by atoms with Crippen molar-refractivity contribution >= 4 is 28.6 Å². The first kappa shape index (κ1) is 16.2. The van der Waals surface area contributed by atoms with Crippen LogP contribution in [0.4, 0.5) is 0 Å². The quantitative estimate of drug-likeness (QED) is 0.351. The summed E-state index contributed by atoms with van der Waals surface area (Å²) in [7, 11) is 0. The predicted molar refractivity (Wildman–Crippen MR) is 66.2 cm³/mol. The monoisotopic (exact) mass is 288 g/mol. The third-order valence-corrected chi connectivity index (χ3v) is 2.37. The predicted octanol–water partition coefficient (Wildman–Crippen LogP) is 3.36. The fourth-order valence-electron chi connectivity index (χ4n) is 0.848. The fraction of sp³-hybridized carbons (Fsp3) is 0.556. The van der Waals surface area contributed by atoms with E-state index in [1.165, 1.54) is 0 Å². The molecule has 0 bridgehead atoms. The van der Waals surface area contributed by atoms with Gasteiger partial charge in [0.2, 0.25) is 0 Å². The highest BCUT2D eigenvalue weighted by Crippen LogP contribution is 2.58. The minimum absolute atomic E-state index is 0.173. The molecular weight excluding hydrogens is 274 g/mol. The second-order valence-electron chi connectivity index (χ2n) is 2.79. The van der Waals surface area contributed by atoms with Gasteiger partial charge < -0.3 is 9.47 Å². The van der Waals surface area contributed by atoms with Crippen molar-refractivity contribution < 1.29 is 18.6 Å². The van der Waals surface area contributed by atoms with Crippen LogP contribution in [0.1, 0.15) is 0 Å². The van der Waals surface area contributed by atoms with Crippen LogP contribution in [-0.4, -0.2) is 32.5 Å². The highest BCUT2D eigenvalue weighted by Gasteiger charge is 2.22. The molecule has 0 rings (SSSR count). The molecule has 0 spiro atoms. The first-order valence-corrected chi connectivity index (χ1v) is 7.98. The third-order valence-electron chi connectivity index (χ3n) is 1.35. The smallest absolute Gasteiger partial charge is 0.375 e. The zero-order valence-electron chi connectivity index (χ0n) is 8.81. The Morgan fingerprint density at radius 3 is 1.88 bits per heavy atom. The van der Waals surface area contributed by atoms with Gasteiger partial charge in [-0.1, -0.05) is 12.2 Å². The van der Waals surface area contributed by atoms with E-state index in [4.69, 9.17) is 36.5 Å². The summed E-state index contributed by atoms with van der Waals surface area (Å²) in [5, 5.41) is 0. The minimum atomic E-state index is -3.59. The molecule has 0 heterocycles. The zero-order valence-corrected chi connectivity index (χ0v) is 11.2. The van der Waals surface area contributed by atoms with Crippen molar-refractivity contribution in [3.05, 3.63) is 25.3 Å². The maximum absolute atomic E-state index is 11.0. The van der Waals surface area contributed by atoms with Gasteiger partial charge in [-0.15, -0.1) is 13.2 Å². The summed E-state index contributed by atoms with van der Waals surface area (Å²) in [5.74, 6) is 0. The molecule has 0 aromatic heterocycles. The second-order valence-corrected chi connectivity index (χ2v) is 7.02. The van der Waals surface area contributed by atoms with Gasteiger partial charge >= 0.3 is 6.07 Å². The lowest BCUT2D eigenvalue weighted by Crippen LogP contribution is -2.24. The van der Waals surface area contributed by atoms with E-state index in [0.717, 1.165) is 0 Å². The Kier molecular flexibility index (Phi) is 9.32. The summed E-state index contributed by atoms with van der Waals surface area (Å²) in [6.45, 7) is 8.04. The zero-order chi connectivity index (χ0) is 12.4. The van der Waals surface area contributed by atoms with Gasteiger partial charge in [-0.05, 0) is 22.5 Å². The van der Waals surface area contributed by atoms with Crippen molar-refractivity contribution in [2.24, 2.45) is 0 Å². The van der Waals surface area contributed by atoms with E-state index in [-0.39, 0.29) is 13.2 Å². The summed E-state index contributed by atoms with van der Waals surface area (Å²) in [6, 6.07) is 0. The lowest BCUT2D eigenvalue weighted by atomic mass is 10.4. The Hall–Kier alpha value is 0.170. The summed E-state index contributed by atoms with van der Waals surface area (Å²) < 4.78 is 26.2. The fourth-order valence-corrected chi connectivity index (χ4v) is 1.99. The number of rotatable bonds is 10. The molecule has 0 aromatic rings. The van der Waals surface area contributed by atoms with E-state index in [2.05, 4.69) is 13.2 Å². The minimum Gasteiger partial charge on any atom is -0.375 e. The van der Waals surface area contributed by atoms with Crippen molar-refractivity contribution in [2.45, 2.75) is 6.10 Å². The standard InChI is InChI=1S/C9H15Cl2O4P/c1-3-5-13-7-9(8-14-6-4-2)15-16(10,11)12/h3-4,9H,1-2,5-8H2. The van der Waals surface area contributed by atoms with Crippen molar-refractivity contribution in [3.63, 3.8) is 0 Å². The summed E-state index contributed by atoms with van der Waals surface area (Å²) in [5.41, 5.74) is 0. The molecule has 0 radical (unpaired) electrons. The third kappa shape index (κ3) is 10.7. The van der Waals surface area contributed by atoms with E-state index < -0.39 is 12.2 Å². The normalized spacial score (nSPS) is 11.7. The number of hydrogen-bond donors (Lipinski definition) is 0. The van der Waals surface area contributed by atoms with Gasteiger partial charge in [0, 0.05) is 0 Å². The molecule has 0 aliphatic carbocycles. The molecule has 94 valence electrons. The summed E-state index contributed by atoms with van der Waals surface area (Å²) in [4.78, 5) is 0. The number of halogens is 2. The highest BCUT2D eigenvalue weighted by atomic mass is 35.9. The molecule has 0 atom stereocenters. The van der Waals surface area contributed by atoms with Crippen molar-refractivity contribution in [1.82, 2.24) is 0 Å². The lowest BCUT2D eigenvalue weighted by molar-refractivity contribution is 0.0113. The van der Waals surface area contributed by atoms with Crippen LogP contribution in [0.3, 0.4) is 0 Å². The van der Waals surface area contributed by atoms with Gasteiger partial charge in [0.05, 0.1) is 26.4 Å². The van der Waals surface area contributed by atoms with Gasteiger partial charge in [-0.2, -0.15) is 0 Å². The maximum Gasteiger partial charge on any atom is 0.380 e. The van der Waals surface area contributed by atoms with Crippen molar-refractivity contribution in [1.29, 1.82) is 0 Å². The van der Waals surface area contributed by atoms with Gasteiger partial charge in [0.25, 0.3) is 0 Å². The first-order valence-electron chi connectivity index (χ1n) is 4.54. The molecular formula is C9H15Cl2O4P.